The highest BCUT2D eigenvalue weighted by molar-refractivity contribution is 5.75. The van der Waals surface area contributed by atoms with Crippen molar-refractivity contribution in [3.8, 4) is 5.75 Å². The van der Waals surface area contributed by atoms with E-state index in [1.165, 1.54) is 0 Å². The van der Waals surface area contributed by atoms with Gasteiger partial charge in [0.1, 0.15) is 18.4 Å². The molecule has 0 spiro atoms. The highest BCUT2D eigenvalue weighted by Gasteiger charge is 2.13. The predicted molar refractivity (Wildman–Crippen MR) is 65.7 cm³/mol. The zero-order valence-electron chi connectivity index (χ0n) is 10.3. The van der Waals surface area contributed by atoms with E-state index in [0.717, 1.165) is 17.7 Å². The maximum absolute atomic E-state index is 11.5. The maximum atomic E-state index is 11.5. The largest absolute Gasteiger partial charge is 0.497 e. The Morgan fingerprint density at radius 3 is 2.88 bits per heavy atom. The van der Waals surface area contributed by atoms with Gasteiger partial charge in [-0.3, -0.25) is 4.79 Å². The molecule has 1 rings (SSSR count). The first-order chi connectivity index (χ1) is 8.17. The van der Waals surface area contributed by atoms with Gasteiger partial charge in [0.25, 0.3) is 0 Å². The fourth-order valence-electron chi connectivity index (χ4n) is 1.45. The summed E-state index contributed by atoms with van der Waals surface area (Å²) < 4.78 is 10.2. The van der Waals surface area contributed by atoms with Crippen LogP contribution in [-0.4, -0.2) is 19.1 Å². The van der Waals surface area contributed by atoms with Gasteiger partial charge in [0.2, 0.25) is 0 Å². The van der Waals surface area contributed by atoms with E-state index in [9.17, 15) is 4.79 Å². The molecule has 0 amide bonds. The topological polar surface area (TPSA) is 61.6 Å². The number of carbonyl (C=O) groups excluding carboxylic acids is 1. The van der Waals surface area contributed by atoms with Crippen LogP contribution >= 0.6 is 0 Å². The van der Waals surface area contributed by atoms with Crippen molar-refractivity contribution < 1.29 is 14.3 Å². The Balaban J connectivity index is 2.46. The summed E-state index contributed by atoms with van der Waals surface area (Å²) in [5, 5.41) is 0. The summed E-state index contributed by atoms with van der Waals surface area (Å²) in [7, 11) is 1.60. The Morgan fingerprint density at radius 1 is 1.47 bits per heavy atom. The van der Waals surface area contributed by atoms with Crippen molar-refractivity contribution in [3.05, 3.63) is 29.8 Å². The molecule has 1 aromatic carbocycles. The number of hydrogen-bond acceptors (Lipinski definition) is 4. The standard InChI is InChI=1S/C13H19NO3/c1-3-5-12(14)13(15)17-9-10-6-4-7-11(8-10)16-2/h4,6-8,12H,3,5,9,14H2,1-2H3/t12-/m0/s1. The van der Waals surface area contributed by atoms with Crippen molar-refractivity contribution in [2.24, 2.45) is 5.73 Å². The van der Waals surface area contributed by atoms with E-state index in [1.54, 1.807) is 7.11 Å². The summed E-state index contributed by atoms with van der Waals surface area (Å²) >= 11 is 0. The first kappa shape index (κ1) is 13.5. The molecule has 0 heterocycles. The van der Waals surface area contributed by atoms with Crippen LogP contribution in [-0.2, 0) is 16.1 Å². The second-order valence-corrected chi connectivity index (χ2v) is 3.85. The van der Waals surface area contributed by atoms with Gasteiger partial charge in [-0.15, -0.1) is 0 Å². The molecule has 0 radical (unpaired) electrons. The first-order valence-corrected chi connectivity index (χ1v) is 5.72. The van der Waals surface area contributed by atoms with Crippen LogP contribution in [0.4, 0.5) is 0 Å². The van der Waals surface area contributed by atoms with Crippen molar-refractivity contribution in [1.82, 2.24) is 0 Å². The van der Waals surface area contributed by atoms with Crippen LogP contribution in [0, 0.1) is 0 Å². The highest BCUT2D eigenvalue weighted by Crippen LogP contribution is 2.13. The number of ether oxygens (including phenoxy) is 2. The minimum Gasteiger partial charge on any atom is -0.497 e. The molecule has 0 bridgehead atoms. The molecule has 2 N–H and O–H groups in total. The summed E-state index contributed by atoms with van der Waals surface area (Å²) in [6, 6.07) is 6.88. The van der Waals surface area contributed by atoms with Gasteiger partial charge < -0.3 is 15.2 Å². The first-order valence-electron chi connectivity index (χ1n) is 5.72. The second kappa shape index (κ2) is 6.91. The number of hydrogen-bond donors (Lipinski definition) is 1. The maximum Gasteiger partial charge on any atom is 0.323 e. The van der Waals surface area contributed by atoms with Crippen LogP contribution in [0.25, 0.3) is 0 Å². The van der Waals surface area contributed by atoms with E-state index in [0.29, 0.717) is 6.42 Å². The SMILES string of the molecule is CCC[C@H](N)C(=O)OCc1cccc(OC)c1. The van der Waals surface area contributed by atoms with Crippen LogP contribution in [0.15, 0.2) is 24.3 Å². The Labute approximate surface area is 102 Å². The third-order valence-electron chi connectivity index (χ3n) is 2.42. The summed E-state index contributed by atoms with van der Waals surface area (Å²) in [5.74, 6) is 0.395. The van der Waals surface area contributed by atoms with E-state index in [4.69, 9.17) is 15.2 Å². The Hall–Kier alpha value is -1.55. The molecule has 0 aliphatic carbocycles. The fourth-order valence-corrected chi connectivity index (χ4v) is 1.45. The van der Waals surface area contributed by atoms with Crippen LogP contribution in [0.1, 0.15) is 25.3 Å². The van der Waals surface area contributed by atoms with Crippen molar-refractivity contribution in [3.63, 3.8) is 0 Å². The van der Waals surface area contributed by atoms with Crippen molar-refractivity contribution >= 4 is 5.97 Å². The summed E-state index contributed by atoms with van der Waals surface area (Å²) in [6.45, 7) is 2.21. The molecule has 0 fully saturated rings. The van der Waals surface area contributed by atoms with Gasteiger partial charge >= 0.3 is 5.97 Å². The monoisotopic (exact) mass is 237 g/mol. The van der Waals surface area contributed by atoms with E-state index in [-0.39, 0.29) is 12.6 Å². The zero-order valence-corrected chi connectivity index (χ0v) is 10.3. The number of nitrogens with two attached hydrogens (primary N) is 1. The molecule has 0 aliphatic rings. The number of carbonyl (C=O) groups is 1. The molecule has 0 unspecified atom stereocenters. The average molecular weight is 237 g/mol. The summed E-state index contributed by atoms with van der Waals surface area (Å²) in [4.78, 5) is 11.5. The molecule has 0 aromatic heterocycles. The molecule has 1 atom stereocenters. The number of esters is 1. The zero-order chi connectivity index (χ0) is 12.7. The molecule has 4 heteroatoms. The molecule has 4 nitrogen and oxygen atoms in total. The molecule has 1 aromatic rings. The molecular weight excluding hydrogens is 218 g/mol. The Morgan fingerprint density at radius 2 is 2.24 bits per heavy atom. The molecular formula is C13H19NO3. The fraction of sp³-hybridized carbons (Fsp3) is 0.462. The predicted octanol–water partition coefficient (Wildman–Crippen LogP) is 1.87. The van der Waals surface area contributed by atoms with Crippen molar-refractivity contribution in [1.29, 1.82) is 0 Å². The normalized spacial score (nSPS) is 11.9. The van der Waals surface area contributed by atoms with Gasteiger partial charge in [0, 0.05) is 0 Å². The van der Waals surface area contributed by atoms with E-state index in [2.05, 4.69) is 0 Å². The number of benzene rings is 1. The van der Waals surface area contributed by atoms with Crippen LogP contribution < -0.4 is 10.5 Å². The van der Waals surface area contributed by atoms with Gasteiger partial charge in [-0.1, -0.05) is 25.5 Å². The lowest BCUT2D eigenvalue weighted by molar-refractivity contribution is -0.146. The lowest BCUT2D eigenvalue weighted by Gasteiger charge is -2.10. The smallest absolute Gasteiger partial charge is 0.323 e. The Bertz CT molecular complexity index is 365. The summed E-state index contributed by atoms with van der Waals surface area (Å²) in [6.07, 6.45) is 1.52. The van der Waals surface area contributed by atoms with E-state index < -0.39 is 6.04 Å². The molecule has 0 saturated heterocycles. The third kappa shape index (κ3) is 4.44. The molecule has 17 heavy (non-hydrogen) atoms. The van der Waals surface area contributed by atoms with Gasteiger partial charge in [0.05, 0.1) is 7.11 Å². The Kier molecular flexibility index (Phi) is 5.49. The molecule has 94 valence electrons. The van der Waals surface area contributed by atoms with Gasteiger partial charge in [-0.25, -0.2) is 0 Å². The quantitative estimate of drug-likeness (QED) is 0.767. The molecule has 0 saturated carbocycles. The van der Waals surface area contributed by atoms with Crippen LogP contribution in [0.2, 0.25) is 0 Å². The lowest BCUT2D eigenvalue weighted by Crippen LogP contribution is -2.31. The van der Waals surface area contributed by atoms with Crippen LogP contribution in [0.5, 0.6) is 5.75 Å². The lowest BCUT2D eigenvalue weighted by atomic mass is 10.2. The highest BCUT2D eigenvalue weighted by atomic mass is 16.5. The van der Waals surface area contributed by atoms with Crippen molar-refractivity contribution in [2.75, 3.05) is 7.11 Å². The van der Waals surface area contributed by atoms with Crippen LogP contribution in [0.3, 0.4) is 0 Å². The number of methoxy groups -OCH3 is 1. The van der Waals surface area contributed by atoms with E-state index >= 15 is 0 Å². The second-order valence-electron chi connectivity index (χ2n) is 3.85. The van der Waals surface area contributed by atoms with E-state index in [1.807, 2.05) is 31.2 Å². The minimum absolute atomic E-state index is 0.230. The van der Waals surface area contributed by atoms with Gasteiger partial charge in [-0.05, 0) is 24.1 Å². The molecule has 0 aliphatic heterocycles. The third-order valence-corrected chi connectivity index (χ3v) is 2.42. The average Bonchev–Trinajstić information content (AvgIpc) is 2.36. The summed E-state index contributed by atoms with van der Waals surface area (Å²) in [5.41, 5.74) is 6.54. The van der Waals surface area contributed by atoms with Gasteiger partial charge in [-0.2, -0.15) is 0 Å². The number of rotatable bonds is 6. The minimum atomic E-state index is -0.523. The van der Waals surface area contributed by atoms with Crippen molar-refractivity contribution in [2.45, 2.75) is 32.4 Å². The van der Waals surface area contributed by atoms with Gasteiger partial charge in [0.15, 0.2) is 0 Å².